The minimum atomic E-state index is -1.15. The number of hydrogen-bond acceptors (Lipinski definition) is 1. The smallest absolute Gasteiger partial charge is 0.159 e. The first-order chi connectivity index (χ1) is 6.97. The van der Waals surface area contributed by atoms with Gasteiger partial charge in [-0.1, -0.05) is 12.1 Å². The Kier molecular flexibility index (Phi) is 3.58. The molecule has 82 valence electrons. The Bertz CT molecular complexity index is 359. The molecule has 1 atom stereocenters. The first kappa shape index (κ1) is 11.9. The van der Waals surface area contributed by atoms with Crippen LogP contribution in [0.25, 0.3) is 0 Å². The summed E-state index contributed by atoms with van der Waals surface area (Å²) < 4.78 is 25.6. The molecule has 1 rings (SSSR count). The Balaban J connectivity index is 2.93. The fraction of sp³-hybridized carbons (Fsp3) is 0.333. The van der Waals surface area contributed by atoms with Crippen molar-refractivity contribution in [3.05, 3.63) is 48.1 Å². The maximum absolute atomic E-state index is 12.9. The molecule has 1 unspecified atom stereocenters. The standard InChI is InChI=1S/C12H14F2O/c1-3-4-7-12(2,15)9-5-6-10(13)11(14)8-9/h3,5-6,8,15H,1,4,7H2,2H3. The Labute approximate surface area is 88.1 Å². The third-order valence-corrected chi connectivity index (χ3v) is 2.38. The summed E-state index contributed by atoms with van der Waals surface area (Å²) in [5.41, 5.74) is -0.772. The van der Waals surface area contributed by atoms with Gasteiger partial charge >= 0.3 is 0 Å². The van der Waals surface area contributed by atoms with Crippen LogP contribution >= 0.6 is 0 Å². The summed E-state index contributed by atoms with van der Waals surface area (Å²) in [6.07, 6.45) is 2.72. The van der Waals surface area contributed by atoms with E-state index in [1.165, 1.54) is 6.07 Å². The second kappa shape index (κ2) is 4.53. The summed E-state index contributed by atoms with van der Waals surface area (Å²) in [5.74, 6) is -1.84. The SMILES string of the molecule is C=CCCC(C)(O)c1ccc(F)c(F)c1. The number of benzene rings is 1. The monoisotopic (exact) mass is 212 g/mol. The van der Waals surface area contributed by atoms with Crippen molar-refractivity contribution < 1.29 is 13.9 Å². The molecule has 0 radical (unpaired) electrons. The average Bonchev–Trinajstić information content (AvgIpc) is 2.19. The van der Waals surface area contributed by atoms with Gasteiger partial charge in [-0.3, -0.25) is 0 Å². The fourth-order valence-electron chi connectivity index (χ4n) is 1.36. The number of rotatable bonds is 4. The van der Waals surface area contributed by atoms with Crippen LogP contribution in [0, 0.1) is 11.6 Å². The largest absolute Gasteiger partial charge is 0.385 e. The second-order valence-electron chi connectivity index (χ2n) is 3.73. The highest BCUT2D eigenvalue weighted by Gasteiger charge is 2.23. The van der Waals surface area contributed by atoms with Gasteiger partial charge in [0.05, 0.1) is 5.60 Å². The maximum atomic E-state index is 12.9. The van der Waals surface area contributed by atoms with E-state index in [0.29, 0.717) is 18.4 Å². The van der Waals surface area contributed by atoms with E-state index in [-0.39, 0.29) is 0 Å². The van der Waals surface area contributed by atoms with Crippen LogP contribution in [-0.4, -0.2) is 5.11 Å². The second-order valence-corrected chi connectivity index (χ2v) is 3.73. The number of halogens is 2. The van der Waals surface area contributed by atoms with Gasteiger partial charge in [0.15, 0.2) is 11.6 Å². The highest BCUT2D eigenvalue weighted by Crippen LogP contribution is 2.27. The zero-order valence-corrected chi connectivity index (χ0v) is 8.63. The fourth-order valence-corrected chi connectivity index (χ4v) is 1.36. The predicted octanol–water partition coefficient (Wildman–Crippen LogP) is 3.14. The molecule has 1 aromatic carbocycles. The summed E-state index contributed by atoms with van der Waals surface area (Å²) in [6.45, 7) is 5.12. The van der Waals surface area contributed by atoms with Crippen molar-refractivity contribution >= 4 is 0 Å². The van der Waals surface area contributed by atoms with Crippen LogP contribution in [0.2, 0.25) is 0 Å². The van der Waals surface area contributed by atoms with Gasteiger partial charge in [0, 0.05) is 0 Å². The van der Waals surface area contributed by atoms with Gasteiger partial charge in [0.25, 0.3) is 0 Å². The lowest BCUT2D eigenvalue weighted by molar-refractivity contribution is 0.0484. The van der Waals surface area contributed by atoms with Gasteiger partial charge in [-0.15, -0.1) is 6.58 Å². The van der Waals surface area contributed by atoms with E-state index >= 15 is 0 Å². The first-order valence-corrected chi connectivity index (χ1v) is 4.76. The van der Waals surface area contributed by atoms with E-state index in [0.717, 1.165) is 12.1 Å². The van der Waals surface area contributed by atoms with Gasteiger partial charge in [0.1, 0.15) is 0 Å². The molecule has 15 heavy (non-hydrogen) atoms. The summed E-state index contributed by atoms with van der Waals surface area (Å²) in [7, 11) is 0. The first-order valence-electron chi connectivity index (χ1n) is 4.76. The van der Waals surface area contributed by atoms with Crippen molar-refractivity contribution in [1.29, 1.82) is 0 Å². The topological polar surface area (TPSA) is 20.2 Å². The number of allylic oxidation sites excluding steroid dienone is 1. The van der Waals surface area contributed by atoms with Crippen LogP contribution < -0.4 is 0 Å². The quantitative estimate of drug-likeness (QED) is 0.760. The summed E-state index contributed by atoms with van der Waals surface area (Å²) >= 11 is 0. The molecule has 1 N–H and O–H groups in total. The van der Waals surface area contributed by atoms with E-state index in [2.05, 4.69) is 6.58 Å². The zero-order valence-electron chi connectivity index (χ0n) is 8.63. The minimum Gasteiger partial charge on any atom is -0.385 e. The van der Waals surface area contributed by atoms with E-state index in [1.807, 2.05) is 0 Å². The summed E-state index contributed by atoms with van der Waals surface area (Å²) in [4.78, 5) is 0. The van der Waals surface area contributed by atoms with Gasteiger partial charge in [-0.25, -0.2) is 8.78 Å². The van der Waals surface area contributed by atoms with Crippen molar-refractivity contribution in [2.45, 2.75) is 25.4 Å². The molecule has 1 aromatic rings. The molecule has 0 heterocycles. The molecule has 0 saturated carbocycles. The van der Waals surface area contributed by atoms with Crippen LogP contribution in [0.3, 0.4) is 0 Å². The maximum Gasteiger partial charge on any atom is 0.159 e. The van der Waals surface area contributed by atoms with Gasteiger partial charge < -0.3 is 5.11 Å². The van der Waals surface area contributed by atoms with Crippen molar-refractivity contribution in [3.8, 4) is 0 Å². The molecular weight excluding hydrogens is 198 g/mol. The van der Waals surface area contributed by atoms with E-state index in [9.17, 15) is 13.9 Å². The van der Waals surface area contributed by atoms with Gasteiger partial charge in [0.2, 0.25) is 0 Å². The Morgan fingerprint density at radius 1 is 1.40 bits per heavy atom. The van der Waals surface area contributed by atoms with Crippen LogP contribution in [0.15, 0.2) is 30.9 Å². The number of hydrogen-bond donors (Lipinski definition) is 1. The molecule has 0 saturated heterocycles. The van der Waals surface area contributed by atoms with Crippen LogP contribution in [0.5, 0.6) is 0 Å². The average molecular weight is 212 g/mol. The molecule has 0 aliphatic carbocycles. The van der Waals surface area contributed by atoms with Crippen molar-refractivity contribution in [2.75, 3.05) is 0 Å². The molecule has 0 amide bonds. The summed E-state index contributed by atoms with van der Waals surface area (Å²) in [5, 5.41) is 10.00. The van der Waals surface area contributed by atoms with Crippen molar-refractivity contribution in [2.24, 2.45) is 0 Å². The highest BCUT2D eigenvalue weighted by molar-refractivity contribution is 5.23. The number of aliphatic hydroxyl groups is 1. The van der Waals surface area contributed by atoms with Crippen LogP contribution in [0.1, 0.15) is 25.3 Å². The minimum absolute atomic E-state index is 0.378. The Morgan fingerprint density at radius 3 is 2.60 bits per heavy atom. The Morgan fingerprint density at radius 2 is 2.07 bits per heavy atom. The molecule has 0 aliphatic heterocycles. The van der Waals surface area contributed by atoms with E-state index in [1.54, 1.807) is 13.0 Å². The Hall–Kier alpha value is -1.22. The molecule has 0 aliphatic rings. The third-order valence-electron chi connectivity index (χ3n) is 2.38. The molecule has 0 spiro atoms. The van der Waals surface area contributed by atoms with E-state index < -0.39 is 17.2 Å². The van der Waals surface area contributed by atoms with E-state index in [4.69, 9.17) is 0 Å². The molecule has 0 bridgehead atoms. The zero-order chi connectivity index (χ0) is 11.5. The molecule has 0 aromatic heterocycles. The van der Waals surface area contributed by atoms with Crippen molar-refractivity contribution in [3.63, 3.8) is 0 Å². The van der Waals surface area contributed by atoms with Crippen LogP contribution in [0.4, 0.5) is 8.78 Å². The third kappa shape index (κ3) is 2.86. The molecule has 3 heteroatoms. The lowest BCUT2D eigenvalue weighted by Gasteiger charge is -2.23. The van der Waals surface area contributed by atoms with Gasteiger partial charge in [-0.2, -0.15) is 0 Å². The summed E-state index contributed by atoms with van der Waals surface area (Å²) in [6, 6.07) is 3.44. The normalized spacial score (nSPS) is 14.7. The lowest BCUT2D eigenvalue weighted by atomic mass is 9.91. The van der Waals surface area contributed by atoms with Gasteiger partial charge in [-0.05, 0) is 37.5 Å². The lowest BCUT2D eigenvalue weighted by Crippen LogP contribution is -2.21. The highest BCUT2D eigenvalue weighted by atomic mass is 19.2. The van der Waals surface area contributed by atoms with Crippen molar-refractivity contribution in [1.82, 2.24) is 0 Å². The predicted molar refractivity (Wildman–Crippen MR) is 55.4 cm³/mol. The van der Waals surface area contributed by atoms with Crippen LogP contribution in [-0.2, 0) is 5.60 Å². The molecule has 1 nitrogen and oxygen atoms in total. The molecular formula is C12H14F2O. The molecule has 0 fully saturated rings.